The Morgan fingerprint density at radius 2 is 1.97 bits per heavy atom. The van der Waals surface area contributed by atoms with Crippen LogP contribution in [0, 0.1) is 11.3 Å². The standard InChI is InChI=1S/C26H28N4S/c1-3-5-7-22-23-8-6-9-24(26(23)31-25(22)4-2)29-16-21-15-28-18-30(21)17-20-12-10-19(14-27)11-13-20/h6,8-13,15,18,29H,3-5,7,16-17H2,1-2H3. The van der Waals surface area contributed by atoms with Gasteiger partial charge in [0.1, 0.15) is 0 Å². The van der Waals surface area contributed by atoms with Crippen molar-refractivity contribution in [2.75, 3.05) is 5.32 Å². The van der Waals surface area contributed by atoms with E-state index < -0.39 is 0 Å². The summed E-state index contributed by atoms with van der Waals surface area (Å²) in [6, 6.07) is 16.5. The summed E-state index contributed by atoms with van der Waals surface area (Å²) in [6.07, 6.45) is 8.52. The zero-order valence-corrected chi connectivity index (χ0v) is 19.0. The lowest BCUT2D eigenvalue weighted by molar-refractivity contribution is 0.749. The van der Waals surface area contributed by atoms with Crippen LogP contribution in [0.4, 0.5) is 5.69 Å². The monoisotopic (exact) mass is 428 g/mol. The Balaban J connectivity index is 1.53. The summed E-state index contributed by atoms with van der Waals surface area (Å²) in [7, 11) is 0. The van der Waals surface area contributed by atoms with E-state index in [1.54, 1.807) is 5.56 Å². The lowest BCUT2D eigenvalue weighted by atomic mass is 10.0. The maximum Gasteiger partial charge on any atom is 0.0991 e. The molecule has 4 nitrogen and oxygen atoms in total. The molecule has 158 valence electrons. The average molecular weight is 429 g/mol. The van der Waals surface area contributed by atoms with Gasteiger partial charge in [0.05, 0.1) is 40.6 Å². The van der Waals surface area contributed by atoms with Crippen LogP contribution in [0.1, 0.15) is 54.0 Å². The summed E-state index contributed by atoms with van der Waals surface area (Å²) in [5, 5.41) is 14.1. The normalized spacial score (nSPS) is 11.0. The number of rotatable bonds is 9. The molecule has 5 heteroatoms. The number of nitriles is 1. The maximum absolute atomic E-state index is 8.99. The third kappa shape index (κ3) is 4.65. The zero-order valence-electron chi connectivity index (χ0n) is 18.2. The molecule has 2 heterocycles. The second-order valence-corrected chi connectivity index (χ2v) is 8.92. The Morgan fingerprint density at radius 3 is 2.71 bits per heavy atom. The Bertz CT molecular complexity index is 1190. The smallest absolute Gasteiger partial charge is 0.0991 e. The van der Waals surface area contributed by atoms with Crippen LogP contribution in [0.15, 0.2) is 55.0 Å². The minimum absolute atomic E-state index is 0.685. The van der Waals surface area contributed by atoms with Crippen molar-refractivity contribution in [2.24, 2.45) is 0 Å². The molecule has 0 aliphatic rings. The number of hydrogen-bond acceptors (Lipinski definition) is 4. The molecule has 31 heavy (non-hydrogen) atoms. The number of nitrogens with zero attached hydrogens (tertiary/aromatic N) is 3. The molecule has 2 aromatic carbocycles. The van der Waals surface area contributed by atoms with E-state index in [-0.39, 0.29) is 0 Å². The predicted molar refractivity (Wildman–Crippen MR) is 130 cm³/mol. The number of aromatic nitrogens is 2. The minimum Gasteiger partial charge on any atom is -0.378 e. The van der Waals surface area contributed by atoms with Crippen LogP contribution in [0.2, 0.25) is 0 Å². The number of thiophene rings is 1. The molecular weight excluding hydrogens is 400 g/mol. The molecule has 0 radical (unpaired) electrons. The summed E-state index contributed by atoms with van der Waals surface area (Å²) >= 11 is 1.94. The molecule has 0 bridgehead atoms. The van der Waals surface area contributed by atoms with E-state index in [1.807, 2.05) is 48.1 Å². The third-order valence-electron chi connectivity index (χ3n) is 5.70. The summed E-state index contributed by atoms with van der Waals surface area (Å²) < 4.78 is 3.52. The first-order chi connectivity index (χ1) is 15.2. The SMILES string of the molecule is CCCCc1c(CC)sc2c(NCc3cncn3Cc3ccc(C#N)cc3)cccc12. The van der Waals surface area contributed by atoms with Crippen LogP contribution in [-0.2, 0) is 25.9 Å². The number of anilines is 1. The van der Waals surface area contributed by atoms with Gasteiger partial charge in [0.2, 0.25) is 0 Å². The molecule has 2 aromatic heterocycles. The van der Waals surface area contributed by atoms with Crippen LogP contribution in [0.5, 0.6) is 0 Å². The zero-order chi connectivity index (χ0) is 21.6. The quantitative estimate of drug-likeness (QED) is 0.329. The molecule has 0 atom stereocenters. The van der Waals surface area contributed by atoms with Crippen molar-refractivity contribution in [1.82, 2.24) is 9.55 Å². The molecule has 4 rings (SSSR count). The first-order valence-corrected chi connectivity index (χ1v) is 11.8. The van der Waals surface area contributed by atoms with E-state index >= 15 is 0 Å². The van der Waals surface area contributed by atoms with Crippen molar-refractivity contribution < 1.29 is 0 Å². The second-order valence-electron chi connectivity index (χ2n) is 7.82. The van der Waals surface area contributed by atoms with Crippen molar-refractivity contribution >= 4 is 27.1 Å². The second kappa shape index (κ2) is 9.80. The lowest BCUT2D eigenvalue weighted by Gasteiger charge is -2.11. The fraction of sp³-hybridized carbons (Fsp3) is 0.308. The van der Waals surface area contributed by atoms with E-state index in [9.17, 15) is 0 Å². The maximum atomic E-state index is 8.99. The fourth-order valence-electron chi connectivity index (χ4n) is 3.98. The van der Waals surface area contributed by atoms with Crippen LogP contribution in [0.3, 0.4) is 0 Å². The van der Waals surface area contributed by atoms with Crippen molar-refractivity contribution in [3.05, 3.63) is 82.3 Å². The Kier molecular flexibility index (Phi) is 6.69. The number of benzene rings is 2. The van der Waals surface area contributed by atoms with Gasteiger partial charge in [-0.05, 0) is 54.0 Å². The number of fused-ring (bicyclic) bond motifs is 1. The van der Waals surface area contributed by atoms with E-state index in [0.717, 1.165) is 30.8 Å². The molecule has 0 fully saturated rings. The molecule has 0 amide bonds. The number of hydrogen-bond donors (Lipinski definition) is 1. The number of nitrogens with one attached hydrogen (secondary N) is 1. The van der Waals surface area contributed by atoms with Gasteiger partial charge in [0, 0.05) is 17.6 Å². The van der Waals surface area contributed by atoms with Gasteiger partial charge in [-0.15, -0.1) is 11.3 Å². The molecule has 4 aromatic rings. The highest BCUT2D eigenvalue weighted by Crippen LogP contribution is 2.37. The number of unbranched alkanes of at least 4 members (excludes halogenated alkanes) is 1. The van der Waals surface area contributed by atoms with E-state index in [2.05, 4.69) is 53.0 Å². The van der Waals surface area contributed by atoms with Gasteiger partial charge in [0.25, 0.3) is 0 Å². The molecule has 0 aliphatic carbocycles. The van der Waals surface area contributed by atoms with E-state index in [4.69, 9.17) is 5.26 Å². The predicted octanol–water partition coefficient (Wildman–Crippen LogP) is 6.53. The fourth-order valence-corrected chi connectivity index (χ4v) is 5.25. The highest BCUT2D eigenvalue weighted by molar-refractivity contribution is 7.20. The van der Waals surface area contributed by atoms with Crippen LogP contribution in [0.25, 0.3) is 10.1 Å². The van der Waals surface area contributed by atoms with E-state index in [1.165, 1.54) is 39.9 Å². The highest BCUT2D eigenvalue weighted by Gasteiger charge is 2.13. The van der Waals surface area contributed by atoms with Gasteiger partial charge in [-0.1, -0.05) is 44.5 Å². The Hall–Kier alpha value is -3.10. The van der Waals surface area contributed by atoms with E-state index in [0.29, 0.717) is 5.56 Å². The largest absolute Gasteiger partial charge is 0.378 e. The van der Waals surface area contributed by atoms with Gasteiger partial charge in [-0.2, -0.15) is 5.26 Å². The molecule has 0 saturated carbocycles. The molecule has 0 saturated heterocycles. The topological polar surface area (TPSA) is 53.6 Å². The van der Waals surface area contributed by atoms with Crippen LogP contribution >= 0.6 is 11.3 Å². The lowest BCUT2D eigenvalue weighted by Crippen LogP contribution is -2.08. The first kappa shape index (κ1) is 21.1. The van der Waals surface area contributed by atoms with Gasteiger partial charge in [-0.25, -0.2) is 4.98 Å². The highest BCUT2D eigenvalue weighted by atomic mass is 32.1. The van der Waals surface area contributed by atoms with Crippen molar-refractivity contribution in [3.63, 3.8) is 0 Å². The molecule has 0 aliphatic heterocycles. The Morgan fingerprint density at radius 1 is 1.13 bits per heavy atom. The summed E-state index contributed by atoms with van der Waals surface area (Å²) in [6.45, 7) is 5.98. The summed E-state index contributed by atoms with van der Waals surface area (Å²) in [4.78, 5) is 5.88. The van der Waals surface area contributed by atoms with Gasteiger partial charge in [-0.3, -0.25) is 0 Å². The molecule has 1 N–H and O–H groups in total. The third-order valence-corrected chi connectivity index (χ3v) is 7.12. The van der Waals surface area contributed by atoms with Gasteiger partial charge >= 0.3 is 0 Å². The average Bonchev–Trinajstić information content (AvgIpc) is 3.40. The minimum atomic E-state index is 0.685. The van der Waals surface area contributed by atoms with Crippen LogP contribution < -0.4 is 5.32 Å². The molecule has 0 unspecified atom stereocenters. The van der Waals surface area contributed by atoms with Gasteiger partial charge < -0.3 is 9.88 Å². The number of aryl methyl sites for hydroxylation is 2. The van der Waals surface area contributed by atoms with Crippen molar-refractivity contribution in [2.45, 2.75) is 52.6 Å². The summed E-state index contributed by atoms with van der Waals surface area (Å²) in [5.41, 5.74) is 5.72. The molecular formula is C26H28N4S. The molecule has 0 spiro atoms. The van der Waals surface area contributed by atoms with Crippen molar-refractivity contribution in [1.29, 1.82) is 5.26 Å². The first-order valence-electron chi connectivity index (χ1n) is 11.0. The van der Waals surface area contributed by atoms with Crippen molar-refractivity contribution in [3.8, 4) is 6.07 Å². The Labute approximate surface area is 188 Å². The van der Waals surface area contributed by atoms with Gasteiger partial charge in [0.15, 0.2) is 0 Å². The summed E-state index contributed by atoms with van der Waals surface area (Å²) in [5.74, 6) is 0. The number of imidazole rings is 1. The van der Waals surface area contributed by atoms with Crippen LogP contribution in [-0.4, -0.2) is 9.55 Å².